The topological polar surface area (TPSA) is 66.2 Å². The Labute approximate surface area is 198 Å². The van der Waals surface area contributed by atoms with Crippen molar-refractivity contribution in [3.8, 4) is 11.4 Å². The van der Waals surface area contributed by atoms with E-state index in [1.807, 2.05) is 61.1 Å². The van der Waals surface area contributed by atoms with Crippen molar-refractivity contribution in [3.05, 3.63) is 107 Å². The molecule has 0 bridgehead atoms. The Hall–Kier alpha value is -3.71. The second-order valence-electron chi connectivity index (χ2n) is 8.29. The van der Waals surface area contributed by atoms with E-state index >= 15 is 0 Å². The Balaban J connectivity index is 1.61. The van der Waals surface area contributed by atoms with E-state index in [0.29, 0.717) is 11.7 Å². The molecule has 6 nitrogen and oxygen atoms in total. The number of pyridine rings is 2. The summed E-state index contributed by atoms with van der Waals surface area (Å²) in [5.41, 5.74) is 6.56. The maximum Gasteiger partial charge on any atom is 0.170 e. The van der Waals surface area contributed by atoms with Crippen molar-refractivity contribution in [2.75, 3.05) is 0 Å². The number of thiocarbonyl (C=S) groups is 1. The lowest BCUT2D eigenvalue weighted by atomic mass is 9.96. The molecular weight excluding hydrogens is 430 g/mol. The molecule has 0 aliphatic carbocycles. The molecule has 166 valence electrons. The van der Waals surface area contributed by atoms with Crippen molar-refractivity contribution >= 4 is 17.3 Å². The van der Waals surface area contributed by atoms with Gasteiger partial charge >= 0.3 is 0 Å². The van der Waals surface area contributed by atoms with Gasteiger partial charge in [-0.3, -0.25) is 9.97 Å². The van der Waals surface area contributed by atoms with Gasteiger partial charge in [0.05, 0.1) is 17.8 Å². The highest BCUT2D eigenvalue weighted by Gasteiger charge is 2.41. The molecule has 1 saturated heterocycles. The van der Waals surface area contributed by atoms with Gasteiger partial charge in [0, 0.05) is 42.2 Å². The molecule has 2 atom stereocenters. The van der Waals surface area contributed by atoms with Gasteiger partial charge in [0.2, 0.25) is 0 Å². The summed E-state index contributed by atoms with van der Waals surface area (Å²) in [6.45, 7) is 4.91. The summed E-state index contributed by atoms with van der Waals surface area (Å²) in [5, 5.41) is 14.0. The molecule has 33 heavy (non-hydrogen) atoms. The molecule has 2 N–H and O–H groups in total. The zero-order valence-electron chi connectivity index (χ0n) is 18.5. The van der Waals surface area contributed by atoms with Crippen molar-refractivity contribution in [2.24, 2.45) is 0 Å². The predicted octanol–water partition coefficient (Wildman–Crippen LogP) is 4.76. The van der Waals surface area contributed by atoms with Gasteiger partial charge in [-0.25, -0.2) is 0 Å². The number of phenols is 1. The highest BCUT2D eigenvalue weighted by molar-refractivity contribution is 7.80. The molecule has 0 unspecified atom stereocenters. The number of aromatic nitrogens is 3. The molecule has 3 aromatic heterocycles. The minimum absolute atomic E-state index is 0.0300. The normalized spacial score (nSPS) is 17.9. The molecule has 0 spiro atoms. The number of aryl methyl sites for hydroxylation is 1. The van der Waals surface area contributed by atoms with Gasteiger partial charge in [-0.15, -0.1) is 0 Å². The van der Waals surface area contributed by atoms with Gasteiger partial charge in [-0.1, -0.05) is 6.07 Å². The minimum Gasteiger partial charge on any atom is -0.508 e. The molecule has 0 radical (unpaired) electrons. The van der Waals surface area contributed by atoms with Gasteiger partial charge in [0.1, 0.15) is 5.75 Å². The van der Waals surface area contributed by atoms with Crippen molar-refractivity contribution in [2.45, 2.75) is 32.5 Å². The number of hydrogen-bond acceptors (Lipinski definition) is 4. The monoisotopic (exact) mass is 455 g/mol. The number of hydrogen-bond donors (Lipinski definition) is 2. The predicted molar refractivity (Wildman–Crippen MR) is 132 cm³/mol. The molecule has 0 amide bonds. The van der Waals surface area contributed by atoms with Gasteiger partial charge in [0.15, 0.2) is 5.11 Å². The number of nitrogens with zero attached hydrogens (tertiary/aromatic N) is 4. The van der Waals surface area contributed by atoms with Crippen LogP contribution in [0.25, 0.3) is 5.69 Å². The summed E-state index contributed by atoms with van der Waals surface area (Å²) >= 11 is 5.82. The van der Waals surface area contributed by atoms with Gasteiger partial charge in [0.25, 0.3) is 0 Å². The average molecular weight is 456 g/mol. The van der Waals surface area contributed by atoms with Crippen LogP contribution in [0, 0.1) is 13.8 Å². The van der Waals surface area contributed by atoms with E-state index in [4.69, 9.17) is 12.2 Å². The molecule has 5 rings (SSSR count). The fourth-order valence-electron chi connectivity index (χ4n) is 4.69. The third-order valence-electron chi connectivity index (χ3n) is 6.20. The lowest BCUT2D eigenvalue weighted by molar-refractivity contribution is 0.310. The second-order valence-corrected chi connectivity index (χ2v) is 8.67. The molecule has 1 aromatic carbocycles. The first-order chi connectivity index (χ1) is 16.0. The van der Waals surface area contributed by atoms with Crippen LogP contribution in [0.5, 0.6) is 5.75 Å². The number of benzene rings is 1. The number of phenolic OH excluding ortho intramolecular Hbond substituents is 1. The van der Waals surface area contributed by atoms with Crippen LogP contribution >= 0.6 is 12.2 Å². The second kappa shape index (κ2) is 8.67. The summed E-state index contributed by atoms with van der Waals surface area (Å²) in [7, 11) is 0. The number of aromatic hydroxyl groups is 1. The lowest BCUT2D eigenvalue weighted by Gasteiger charge is -2.28. The Bertz CT molecular complexity index is 1270. The zero-order chi connectivity index (χ0) is 22.9. The van der Waals surface area contributed by atoms with E-state index in [2.05, 4.69) is 44.7 Å². The van der Waals surface area contributed by atoms with Crippen LogP contribution in [0.2, 0.25) is 0 Å². The van der Waals surface area contributed by atoms with Gasteiger partial charge in [-0.05, 0) is 91.8 Å². The fourth-order valence-corrected chi connectivity index (χ4v) is 4.99. The lowest BCUT2D eigenvalue weighted by Crippen LogP contribution is -2.29. The summed E-state index contributed by atoms with van der Waals surface area (Å²) < 4.78 is 2.22. The summed E-state index contributed by atoms with van der Waals surface area (Å²) in [6, 6.07) is 19.4. The van der Waals surface area contributed by atoms with Crippen LogP contribution in [0.4, 0.5) is 0 Å². The Kier molecular flexibility index (Phi) is 5.56. The van der Waals surface area contributed by atoms with E-state index in [1.165, 1.54) is 5.56 Å². The summed E-state index contributed by atoms with van der Waals surface area (Å²) in [4.78, 5) is 11.0. The van der Waals surface area contributed by atoms with Crippen molar-refractivity contribution in [1.29, 1.82) is 0 Å². The summed E-state index contributed by atoms with van der Waals surface area (Å²) in [5.74, 6) is 0.255. The molecule has 7 heteroatoms. The Morgan fingerprint density at radius 1 is 1.00 bits per heavy atom. The number of rotatable bonds is 5. The first-order valence-electron chi connectivity index (χ1n) is 10.9. The van der Waals surface area contributed by atoms with Crippen molar-refractivity contribution in [1.82, 2.24) is 24.8 Å². The van der Waals surface area contributed by atoms with Crippen LogP contribution in [-0.4, -0.2) is 29.7 Å². The van der Waals surface area contributed by atoms with Crippen LogP contribution in [0.15, 0.2) is 79.3 Å². The SMILES string of the molecule is Cc1cc([C@@H]2[C@@H](c3ccccn3)NC(=S)N2Cc2ccncc2)c(C)n1-c1ccc(O)cc1. The fraction of sp³-hybridized carbons (Fsp3) is 0.192. The van der Waals surface area contributed by atoms with E-state index in [1.54, 1.807) is 12.1 Å². The first kappa shape index (κ1) is 21.2. The van der Waals surface area contributed by atoms with Gasteiger partial charge in [-0.2, -0.15) is 0 Å². The average Bonchev–Trinajstić information content (AvgIpc) is 3.31. The Morgan fingerprint density at radius 2 is 1.76 bits per heavy atom. The minimum atomic E-state index is -0.0747. The molecule has 1 fully saturated rings. The third-order valence-corrected chi connectivity index (χ3v) is 6.55. The van der Waals surface area contributed by atoms with Gasteiger partial charge < -0.3 is 19.9 Å². The molecule has 1 aliphatic rings. The molecule has 4 heterocycles. The first-order valence-corrected chi connectivity index (χ1v) is 11.3. The molecule has 0 saturated carbocycles. The van der Waals surface area contributed by atoms with Crippen LogP contribution in [0.1, 0.15) is 40.3 Å². The summed E-state index contributed by atoms with van der Waals surface area (Å²) in [6.07, 6.45) is 5.44. The highest BCUT2D eigenvalue weighted by Crippen LogP contribution is 2.42. The smallest absolute Gasteiger partial charge is 0.170 e. The zero-order valence-corrected chi connectivity index (χ0v) is 19.3. The van der Waals surface area contributed by atoms with E-state index in [-0.39, 0.29) is 17.8 Å². The van der Waals surface area contributed by atoms with E-state index in [9.17, 15) is 5.11 Å². The van der Waals surface area contributed by atoms with Crippen LogP contribution in [-0.2, 0) is 6.54 Å². The van der Waals surface area contributed by atoms with Crippen LogP contribution < -0.4 is 5.32 Å². The van der Waals surface area contributed by atoms with Crippen molar-refractivity contribution < 1.29 is 5.11 Å². The third kappa shape index (κ3) is 3.96. The highest BCUT2D eigenvalue weighted by atomic mass is 32.1. The van der Waals surface area contributed by atoms with Crippen LogP contribution in [0.3, 0.4) is 0 Å². The maximum atomic E-state index is 9.73. The molecular formula is C26H25N5OS. The molecule has 4 aromatic rings. The van der Waals surface area contributed by atoms with E-state index < -0.39 is 0 Å². The Morgan fingerprint density at radius 3 is 2.45 bits per heavy atom. The quantitative estimate of drug-likeness (QED) is 0.423. The van der Waals surface area contributed by atoms with E-state index in [0.717, 1.165) is 28.3 Å². The standard InChI is InChI=1S/C26H25N5OS/c1-17-15-22(18(2)31(17)20-6-8-21(32)9-7-20)25-24(23-5-3-4-12-28-23)29-26(33)30(25)16-19-10-13-27-14-11-19/h3-15,24-25,32H,16H2,1-2H3,(H,29,33)/t24-,25-/m1/s1. The van der Waals surface area contributed by atoms with Crippen molar-refractivity contribution in [3.63, 3.8) is 0 Å². The largest absolute Gasteiger partial charge is 0.508 e. The molecule has 1 aliphatic heterocycles. The number of nitrogens with one attached hydrogen (secondary N) is 1. The maximum absolute atomic E-state index is 9.73.